The third kappa shape index (κ3) is 2.51. The van der Waals surface area contributed by atoms with Gasteiger partial charge in [0, 0.05) is 16.6 Å². The van der Waals surface area contributed by atoms with Gasteiger partial charge in [0.1, 0.15) is 11.6 Å². The third-order valence-electron chi connectivity index (χ3n) is 2.59. The SMILES string of the molecule is Fc1cc(F)c(Nc2nc3cc(F)ccc3s2)c(Br)c1. The van der Waals surface area contributed by atoms with Gasteiger partial charge in [-0.25, -0.2) is 18.2 Å². The maximum atomic E-state index is 13.7. The second kappa shape index (κ2) is 5.06. The molecule has 1 N–H and O–H groups in total. The van der Waals surface area contributed by atoms with Crippen LogP contribution < -0.4 is 5.32 Å². The van der Waals surface area contributed by atoms with Gasteiger partial charge in [-0.15, -0.1) is 0 Å². The summed E-state index contributed by atoms with van der Waals surface area (Å²) in [5, 5.41) is 3.17. The summed E-state index contributed by atoms with van der Waals surface area (Å²) in [5.41, 5.74) is 0.571. The fraction of sp³-hybridized carbons (Fsp3) is 0. The van der Waals surface area contributed by atoms with Gasteiger partial charge < -0.3 is 5.32 Å². The van der Waals surface area contributed by atoms with Crippen molar-refractivity contribution in [3.63, 3.8) is 0 Å². The number of rotatable bonds is 2. The van der Waals surface area contributed by atoms with E-state index in [0.29, 0.717) is 10.6 Å². The molecule has 3 rings (SSSR count). The second-order valence-electron chi connectivity index (χ2n) is 4.00. The first-order chi connectivity index (χ1) is 9.52. The Morgan fingerprint density at radius 3 is 2.60 bits per heavy atom. The van der Waals surface area contributed by atoms with Crippen LogP contribution in [0, 0.1) is 17.5 Å². The van der Waals surface area contributed by atoms with Crippen LogP contribution in [0.5, 0.6) is 0 Å². The van der Waals surface area contributed by atoms with Crippen molar-refractivity contribution in [3.8, 4) is 0 Å². The van der Waals surface area contributed by atoms with E-state index in [1.54, 1.807) is 6.07 Å². The smallest absolute Gasteiger partial charge is 0.188 e. The molecular weight excluding hydrogens is 353 g/mol. The van der Waals surface area contributed by atoms with Gasteiger partial charge in [0.05, 0.1) is 15.9 Å². The van der Waals surface area contributed by atoms with Crippen molar-refractivity contribution in [1.29, 1.82) is 0 Å². The molecule has 0 fully saturated rings. The number of hydrogen-bond donors (Lipinski definition) is 1. The van der Waals surface area contributed by atoms with Crippen LogP contribution in [0.4, 0.5) is 24.0 Å². The summed E-state index contributed by atoms with van der Waals surface area (Å²) in [5.74, 6) is -1.79. The summed E-state index contributed by atoms with van der Waals surface area (Å²) >= 11 is 4.34. The molecule has 0 atom stereocenters. The van der Waals surface area contributed by atoms with Crippen molar-refractivity contribution in [2.75, 3.05) is 5.32 Å². The van der Waals surface area contributed by atoms with Crippen molar-refractivity contribution < 1.29 is 13.2 Å². The highest BCUT2D eigenvalue weighted by Crippen LogP contribution is 2.33. The molecule has 0 saturated heterocycles. The Morgan fingerprint density at radius 1 is 1.05 bits per heavy atom. The number of anilines is 2. The van der Waals surface area contributed by atoms with Gasteiger partial charge in [-0.1, -0.05) is 11.3 Å². The number of fused-ring (bicyclic) bond motifs is 1. The predicted molar refractivity (Wildman–Crippen MR) is 76.9 cm³/mol. The number of halogens is 4. The molecule has 20 heavy (non-hydrogen) atoms. The van der Waals surface area contributed by atoms with Gasteiger partial charge in [0.2, 0.25) is 0 Å². The lowest BCUT2D eigenvalue weighted by Crippen LogP contribution is -1.95. The van der Waals surface area contributed by atoms with Crippen molar-refractivity contribution in [1.82, 2.24) is 4.98 Å². The van der Waals surface area contributed by atoms with Crippen LogP contribution in [0.3, 0.4) is 0 Å². The minimum absolute atomic E-state index is 0.0888. The number of aromatic nitrogens is 1. The first-order valence-corrected chi connectivity index (χ1v) is 7.11. The molecule has 2 nitrogen and oxygen atoms in total. The number of nitrogens with one attached hydrogen (secondary N) is 1. The van der Waals surface area contributed by atoms with Gasteiger partial charge in [-0.05, 0) is 34.1 Å². The average Bonchev–Trinajstić information content (AvgIpc) is 2.75. The number of nitrogens with zero attached hydrogens (tertiary/aromatic N) is 1. The van der Waals surface area contributed by atoms with E-state index in [1.807, 2.05) is 0 Å². The van der Waals surface area contributed by atoms with Gasteiger partial charge in [0.15, 0.2) is 10.9 Å². The summed E-state index contributed by atoms with van der Waals surface area (Å²) in [6.45, 7) is 0. The molecule has 102 valence electrons. The molecule has 0 unspecified atom stereocenters. The highest BCUT2D eigenvalue weighted by molar-refractivity contribution is 9.10. The van der Waals surface area contributed by atoms with E-state index in [1.165, 1.54) is 23.5 Å². The molecule has 0 spiro atoms. The van der Waals surface area contributed by atoms with Gasteiger partial charge >= 0.3 is 0 Å². The van der Waals surface area contributed by atoms with Gasteiger partial charge in [-0.3, -0.25) is 0 Å². The minimum Gasteiger partial charge on any atom is -0.328 e. The Labute approximate surface area is 124 Å². The van der Waals surface area contributed by atoms with E-state index in [2.05, 4.69) is 26.2 Å². The molecule has 0 aliphatic heterocycles. The summed E-state index contributed by atoms with van der Waals surface area (Å²) in [7, 11) is 0. The molecule has 0 bridgehead atoms. The van der Waals surface area contributed by atoms with E-state index in [0.717, 1.165) is 16.8 Å². The lowest BCUT2D eigenvalue weighted by Gasteiger charge is -2.06. The second-order valence-corrected chi connectivity index (χ2v) is 5.89. The van der Waals surface area contributed by atoms with Gasteiger partial charge in [0.25, 0.3) is 0 Å². The van der Waals surface area contributed by atoms with Crippen molar-refractivity contribution in [2.24, 2.45) is 0 Å². The maximum absolute atomic E-state index is 13.7. The fourth-order valence-electron chi connectivity index (χ4n) is 1.72. The highest BCUT2D eigenvalue weighted by atomic mass is 79.9. The molecule has 0 aliphatic carbocycles. The van der Waals surface area contributed by atoms with Crippen molar-refractivity contribution in [3.05, 3.63) is 52.3 Å². The monoisotopic (exact) mass is 358 g/mol. The normalized spacial score (nSPS) is 11.0. The average molecular weight is 359 g/mol. The molecule has 0 saturated carbocycles. The molecule has 0 amide bonds. The van der Waals surface area contributed by atoms with Crippen LogP contribution in [-0.4, -0.2) is 4.98 Å². The molecule has 1 heterocycles. The molecule has 3 aromatic rings. The standard InChI is InChI=1S/C13H6BrF3N2S/c14-8-3-7(16)4-9(17)12(8)19-13-18-10-5-6(15)1-2-11(10)20-13/h1-5H,(H,18,19). The Hall–Kier alpha value is -1.60. The maximum Gasteiger partial charge on any atom is 0.188 e. The largest absolute Gasteiger partial charge is 0.328 e. The zero-order valence-electron chi connectivity index (χ0n) is 9.75. The Bertz CT molecular complexity index is 780. The van der Waals surface area contributed by atoms with Crippen LogP contribution >= 0.6 is 27.3 Å². The van der Waals surface area contributed by atoms with Crippen molar-refractivity contribution >= 4 is 48.3 Å². The van der Waals surface area contributed by atoms with E-state index in [-0.39, 0.29) is 16.0 Å². The van der Waals surface area contributed by atoms with E-state index in [9.17, 15) is 13.2 Å². The van der Waals surface area contributed by atoms with E-state index >= 15 is 0 Å². The predicted octanol–water partition coefficient (Wildman–Crippen LogP) is 5.22. The lowest BCUT2D eigenvalue weighted by atomic mass is 10.3. The summed E-state index contributed by atoms with van der Waals surface area (Å²) in [6, 6.07) is 6.16. The Balaban J connectivity index is 2.01. The van der Waals surface area contributed by atoms with Crippen LogP contribution in [0.1, 0.15) is 0 Å². The van der Waals surface area contributed by atoms with E-state index in [4.69, 9.17) is 0 Å². The quantitative estimate of drug-likeness (QED) is 0.679. The number of benzene rings is 2. The van der Waals surface area contributed by atoms with E-state index < -0.39 is 11.6 Å². The first kappa shape index (κ1) is 13.4. The van der Waals surface area contributed by atoms with Crippen LogP contribution in [0.15, 0.2) is 34.8 Å². The van der Waals surface area contributed by atoms with Crippen LogP contribution in [-0.2, 0) is 0 Å². The zero-order chi connectivity index (χ0) is 14.3. The lowest BCUT2D eigenvalue weighted by molar-refractivity contribution is 0.584. The summed E-state index contributed by atoms with van der Waals surface area (Å²) < 4.78 is 40.8. The molecule has 0 aliphatic rings. The molecule has 1 aromatic heterocycles. The molecule has 7 heteroatoms. The fourth-order valence-corrected chi connectivity index (χ4v) is 3.08. The highest BCUT2D eigenvalue weighted by Gasteiger charge is 2.12. The molecule has 0 radical (unpaired) electrons. The van der Waals surface area contributed by atoms with Gasteiger partial charge in [-0.2, -0.15) is 0 Å². The van der Waals surface area contributed by atoms with Crippen LogP contribution in [0.2, 0.25) is 0 Å². The van der Waals surface area contributed by atoms with Crippen molar-refractivity contribution in [2.45, 2.75) is 0 Å². The number of hydrogen-bond acceptors (Lipinski definition) is 3. The Morgan fingerprint density at radius 2 is 1.85 bits per heavy atom. The zero-order valence-corrected chi connectivity index (χ0v) is 12.2. The third-order valence-corrected chi connectivity index (χ3v) is 4.17. The summed E-state index contributed by atoms with van der Waals surface area (Å²) in [6.07, 6.45) is 0. The summed E-state index contributed by atoms with van der Waals surface area (Å²) in [4.78, 5) is 4.16. The number of thiazole rings is 1. The Kier molecular flexibility index (Phi) is 3.39. The molecular formula is C13H6BrF3N2S. The minimum atomic E-state index is -0.734. The first-order valence-electron chi connectivity index (χ1n) is 5.50. The topological polar surface area (TPSA) is 24.9 Å². The van der Waals surface area contributed by atoms with Crippen LogP contribution in [0.25, 0.3) is 10.2 Å². The molecule has 2 aromatic carbocycles.